The Morgan fingerprint density at radius 2 is 1.81 bits per heavy atom. The minimum atomic E-state index is -0.184. The van der Waals surface area contributed by atoms with Crippen LogP contribution in [0, 0.1) is 11.8 Å². The van der Waals surface area contributed by atoms with Gasteiger partial charge in [0.1, 0.15) is 0 Å². The second-order valence-electron chi connectivity index (χ2n) is 4.75. The highest BCUT2D eigenvalue weighted by molar-refractivity contribution is 6.06. The van der Waals surface area contributed by atoms with Crippen molar-refractivity contribution in [2.45, 2.75) is 31.5 Å². The molecular formula is C12H15NO3. The van der Waals surface area contributed by atoms with Crippen molar-refractivity contribution in [1.29, 1.82) is 0 Å². The SMILES string of the molecule is C=CCCN1C(=O)C2C3CCC(O3)C2C1=O. The Labute approximate surface area is 94.2 Å². The summed E-state index contributed by atoms with van der Waals surface area (Å²) >= 11 is 0. The monoisotopic (exact) mass is 221 g/mol. The lowest BCUT2D eigenvalue weighted by Crippen LogP contribution is -2.34. The van der Waals surface area contributed by atoms with Gasteiger partial charge >= 0.3 is 0 Å². The summed E-state index contributed by atoms with van der Waals surface area (Å²) in [4.78, 5) is 25.6. The summed E-state index contributed by atoms with van der Waals surface area (Å²) in [5, 5.41) is 0. The molecule has 3 aliphatic rings. The number of ether oxygens (including phenoxy) is 1. The molecule has 0 N–H and O–H groups in total. The van der Waals surface area contributed by atoms with E-state index in [0.29, 0.717) is 13.0 Å². The van der Waals surface area contributed by atoms with Crippen LogP contribution < -0.4 is 0 Å². The van der Waals surface area contributed by atoms with Gasteiger partial charge in [0.15, 0.2) is 0 Å². The number of hydrogen-bond donors (Lipinski definition) is 0. The van der Waals surface area contributed by atoms with Gasteiger partial charge in [0.25, 0.3) is 0 Å². The summed E-state index contributed by atoms with van der Waals surface area (Å²) in [5.41, 5.74) is 0. The molecule has 4 heteroatoms. The molecule has 2 amide bonds. The Morgan fingerprint density at radius 1 is 1.25 bits per heavy atom. The lowest BCUT2D eigenvalue weighted by Gasteiger charge is -2.16. The number of nitrogens with zero attached hydrogens (tertiary/aromatic N) is 1. The van der Waals surface area contributed by atoms with E-state index in [4.69, 9.17) is 4.74 Å². The van der Waals surface area contributed by atoms with E-state index in [1.165, 1.54) is 4.90 Å². The van der Waals surface area contributed by atoms with Gasteiger partial charge in [-0.15, -0.1) is 6.58 Å². The number of carbonyl (C=O) groups excluding carboxylic acids is 2. The Hall–Kier alpha value is -1.16. The lowest BCUT2D eigenvalue weighted by atomic mass is 9.81. The number of fused-ring (bicyclic) bond motifs is 5. The molecule has 16 heavy (non-hydrogen) atoms. The maximum atomic E-state index is 12.1. The third-order valence-corrected chi connectivity index (χ3v) is 3.93. The number of hydrogen-bond acceptors (Lipinski definition) is 3. The average molecular weight is 221 g/mol. The van der Waals surface area contributed by atoms with Crippen LogP contribution in [0.4, 0.5) is 0 Å². The van der Waals surface area contributed by atoms with Crippen LogP contribution in [0.3, 0.4) is 0 Å². The highest BCUT2D eigenvalue weighted by Crippen LogP contribution is 2.48. The van der Waals surface area contributed by atoms with E-state index in [1.807, 2.05) is 0 Å². The van der Waals surface area contributed by atoms with E-state index in [1.54, 1.807) is 6.08 Å². The molecule has 4 unspecified atom stereocenters. The third-order valence-electron chi connectivity index (χ3n) is 3.93. The second-order valence-corrected chi connectivity index (χ2v) is 4.75. The van der Waals surface area contributed by atoms with Crippen molar-refractivity contribution in [2.75, 3.05) is 6.54 Å². The van der Waals surface area contributed by atoms with E-state index in [9.17, 15) is 9.59 Å². The summed E-state index contributed by atoms with van der Waals surface area (Å²) in [7, 11) is 0. The Morgan fingerprint density at radius 3 is 2.31 bits per heavy atom. The van der Waals surface area contributed by atoms with Crippen molar-refractivity contribution in [3.05, 3.63) is 12.7 Å². The Kier molecular flexibility index (Phi) is 2.14. The summed E-state index contributed by atoms with van der Waals surface area (Å²) in [6.45, 7) is 4.09. The quantitative estimate of drug-likeness (QED) is 0.521. The first-order valence-corrected chi connectivity index (χ1v) is 5.85. The highest BCUT2D eigenvalue weighted by atomic mass is 16.5. The fourth-order valence-corrected chi connectivity index (χ4v) is 3.21. The van der Waals surface area contributed by atoms with Gasteiger partial charge in [0.2, 0.25) is 11.8 Å². The predicted molar refractivity (Wildman–Crippen MR) is 56.4 cm³/mol. The van der Waals surface area contributed by atoms with Crippen LogP contribution in [-0.2, 0) is 14.3 Å². The minimum absolute atomic E-state index is 0.000168. The summed E-state index contributed by atoms with van der Waals surface area (Å²) in [6.07, 6.45) is 4.27. The van der Waals surface area contributed by atoms with Gasteiger partial charge in [-0.3, -0.25) is 14.5 Å². The van der Waals surface area contributed by atoms with E-state index in [-0.39, 0.29) is 35.9 Å². The molecule has 0 spiro atoms. The van der Waals surface area contributed by atoms with Crippen molar-refractivity contribution in [3.8, 4) is 0 Å². The third kappa shape index (κ3) is 1.13. The first-order valence-electron chi connectivity index (χ1n) is 5.85. The van der Waals surface area contributed by atoms with E-state index >= 15 is 0 Å². The van der Waals surface area contributed by atoms with Crippen LogP contribution in [0.15, 0.2) is 12.7 Å². The molecule has 0 aromatic heterocycles. The van der Waals surface area contributed by atoms with E-state index in [0.717, 1.165) is 12.8 Å². The fourth-order valence-electron chi connectivity index (χ4n) is 3.21. The largest absolute Gasteiger partial charge is 0.373 e. The van der Waals surface area contributed by atoms with Gasteiger partial charge in [0, 0.05) is 6.54 Å². The summed E-state index contributed by atoms with van der Waals surface area (Å²) in [6, 6.07) is 0. The number of rotatable bonds is 3. The van der Waals surface area contributed by atoms with Gasteiger partial charge in [0.05, 0.1) is 24.0 Å². The molecular weight excluding hydrogens is 206 g/mol. The number of imide groups is 1. The Bertz CT molecular complexity index is 337. The van der Waals surface area contributed by atoms with Gasteiger partial charge < -0.3 is 4.74 Å². The van der Waals surface area contributed by atoms with E-state index < -0.39 is 0 Å². The van der Waals surface area contributed by atoms with Crippen molar-refractivity contribution in [1.82, 2.24) is 4.90 Å². The molecule has 0 radical (unpaired) electrons. The van der Waals surface area contributed by atoms with Crippen LogP contribution in [0.5, 0.6) is 0 Å². The topological polar surface area (TPSA) is 46.6 Å². The Balaban J connectivity index is 1.83. The standard InChI is InChI=1S/C12H15NO3/c1-2-3-6-13-11(14)9-7-4-5-8(16-7)10(9)12(13)15/h2,7-10H,1,3-6H2. The highest BCUT2D eigenvalue weighted by Gasteiger charge is 2.61. The molecule has 0 aromatic carbocycles. The van der Waals surface area contributed by atoms with Crippen LogP contribution in [0.25, 0.3) is 0 Å². The molecule has 0 saturated carbocycles. The average Bonchev–Trinajstić information content (AvgIpc) is 2.92. The molecule has 2 bridgehead atoms. The molecule has 4 nitrogen and oxygen atoms in total. The smallest absolute Gasteiger partial charge is 0.235 e. The molecule has 4 atom stereocenters. The van der Waals surface area contributed by atoms with Crippen molar-refractivity contribution < 1.29 is 14.3 Å². The van der Waals surface area contributed by atoms with Crippen LogP contribution >= 0.6 is 0 Å². The number of carbonyl (C=O) groups is 2. The zero-order valence-electron chi connectivity index (χ0n) is 9.09. The molecule has 86 valence electrons. The minimum Gasteiger partial charge on any atom is -0.373 e. The van der Waals surface area contributed by atoms with Gasteiger partial charge in [-0.25, -0.2) is 0 Å². The first kappa shape index (κ1) is 10.0. The maximum Gasteiger partial charge on any atom is 0.235 e. The van der Waals surface area contributed by atoms with E-state index in [2.05, 4.69) is 6.58 Å². The predicted octanol–water partition coefficient (Wildman–Crippen LogP) is 0.725. The second kappa shape index (κ2) is 3.42. The number of amides is 2. The number of likely N-dealkylation sites (tertiary alicyclic amines) is 1. The van der Waals surface area contributed by atoms with Crippen LogP contribution in [-0.4, -0.2) is 35.5 Å². The molecule has 3 aliphatic heterocycles. The molecule has 3 rings (SSSR count). The molecule has 3 heterocycles. The van der Waals surface area contributed by atoms with Gasteiger partial charge in [-0.1, -0.05) is 6.08 Å². The van der Waals surface area contributed by atoms with Gasteiger partial charge in [-0.05, 0) is 19.3 Å². The zero-order valence-corrected chi connectivity index (χ0v) is 9.09. The lowest BCUT2D eigenvalue weighted by molar-refractivity contribution is -0.142. The first-order chi connectivity index (χ1) is 7.74. The molecule has 0 aliphatic carbocycles. The normalized spacial score (nSPS) is 40.6. The van der Waals surface area contributed by atoms with Crippen LogP contribution in [0.2, 0.25) is 0 Å². The summed E-state index contributed by atoms with van der Waals surface area (Å²) < 4.78 is 5.64. The van der Waals surface area contributed by atoms with Crippen LogP contribution in [0.1, 0.15) is 19.3 Å². The van der Waals surface area contributed by atoms with Crippen molar-refractivity contribution in [2.24, 2.45) is 11.8 Å². The van der Waals surface area contributed by atoms with Crippen molar-refractivity contribution >= 4 is 11.8 Å². The van der Waals surface area contributed by atoms with Crippen molar-refractivity contribution in [3.63, 3.8) is 0 Å². The van der Waals surface area contributed by atoms with Gasteiger partial charge in [-0.2, -0.15) is 0 Å². The fraction of sp³-hybridized carbons (Fsp3) is 0.667. The zero-order chi connectivity index (χ0) is 11.3. The molecule has 3 saturated heterocycles. The summed E-state index contributed by atoms with van der Waals surface area (Å²) in [5.74, 6) is -0.416. The molecule has 0 aromatic rings. The maximum absolute atomic E-state index is 12.1. The molecule has 3 fully saturated rings.